The van der Waals surface area contributed by atoms with E-state index >= 15 is 0 Å². The molecule has 0 radical (unpaired) electrons. The second kappa shape index (κ2) is 3.30. The molecule has 1 heteroatoms. The minimum absolute atomic E-state index is 0.848. The first-order valence-corrected chi connectivity index (χ1v) is 8.20. The average molecular weight is 170 g/mol. The zero-order valence-electron chi connectivity index (χ0n) is 8.48. The molecule has 0 nitrogen and oxygen atoms in total. The lowest BCUT2D eigenvalue weighted by molar-refractivity contribution is 0.799. The van der Waals surface area contributed by atoms with Crippen molar-refractivity contribution in [1.29, 1.82) is 0 Å². The molecule has 1 rings (SSSR count). The Morgan fingerprint density at radius 3 is 1.91 bits per heavy atom. The molecule has 0 aromatic rings. The highest BCUT2D eigenvalue weighted by Gasteiger charge is 2.35. The first-order chi connectivity index (χ1) is 5.05. The maximum atomic E-state index is 2.58. The minimum Gasteiger partial charge on any atom is -0.0690 e. The fourth-order valence-corrected chi connectivity index (χ4v) is 4.98. The summed E-state index contributed by atoms with van der Waals surface area (Å²) in [6.07, 6.45) is 6.09. The molecule has 1 fully saturated rings. The molecular formula is C10H22Si. The van der Waals surface area contributed by atoms with Crippen molar-refractivity contribution >= 4 is 8.07 Å². The van der Waals surface area contributed by atoms with Gasteiger partial charge in [0, 0.05) is 0 Å². The summed E-state index contributed by atoms with van der Waals surface area (Å²) < 4.78 is 0. The second-order valence-electron chi connectivity index (χ2n) is 4.96. The van der Waals surface area contributed by atoms with E-state index in [9.17, 15) is 0 Å². The van der Waals surface area contributed by atoms with Crippen molar-refractivity contribution in [2.45, 2.75) is 63.7 Å². The molecule has 11 heavy (non-hydrogen) atoms. The van der Waals surface area contributed by atoms with Crippen molar-refractivity contribution in [3.05, 3.63) is 0 Å². The van der Waals surface area contributed by atoms with E-state index in [0.29, 0.717) is 0 Å². The lowest BCUT2D eigenvalue weighted by atomic mass is 10.4. The van der Waals surface area contributed by atoms with Gasteiger partial charge in [0.1, 0.15) is 0 Å². The Morgan fingerprint density at radius 1 is 1.09 bits per heavy atom. The van der Waals surface area contributed by atoms with Crippen molar-refractivity contribution in [3.8, 4) is 0 Å². The van der Waals surface area contributed by atoms with Crippen LogP contribution in [0.4, 0.5) is 0 Å². The molecule has 0 bridgehead atoms. The lowest BCUT2D eigenvalue weighted by Crippen LogP contribution is -2.34. The highest BCUT2D eigenvalue weighted by molar-refractivity contribution is 6.80. The number of hydrogen-bond donors (Lipinski definition) is 0. The summed E-state index contributed by atoms with van der Waals surface area (Å²) in [6, 6.07) is 0. The van der Waals surface area contributed by atoms with E-state index in [1.807, 2.05) is 0 Å². The third-order valence-corrected chi connectivity index (χ3v) is 9.55. The maximum absolute atomic E-state index is 2.58. The zero-order valence-corrected chi connectivity index (χ0v) is 9.48. The summed E-state index contributed by atoms with van der Waals surface area (Å²) in [6.45, 7) is 10.00. The summed E-state index contributed by atoms with van der Waals surface area (Å²) in [7, 11) is -0.848. The predicted octanol–water partition coefficient (Wildman–Crippen LogP) is 4.05. The number of hydrogen-bond acceptors (Lipinski definition) is 0. The molecule has 0 aromatic heterocycles. The predicted molar refractivity (Wildman–Crippen MR) is 54.8 cm³/mol. The molecule has 66 valence electrons. The van der Waals surface area contributed by atoms with Crippen LogP contribution in [0.2, 0.25) is 24.2 Å². The molecule has 0 heterocycles. The quantitative estimate of drug-likeness (QED) is 0.548. The van der Waals surface area contributed by atoms with Crippen molar-refractivity contribution < 1.29 is 0 Å². The van der Waals surface area contributed by atoms with Gasteiger partial charge in [0.05, 0.1) is 8.07 Å². The fraction of sp³-hybridized carbons (Fsp3) is 1.00. The first-order valence-electron chi connectivity index (χ1n) is 5.05. The van der Waals surface area contributed by atoms with Gasteiger partial charge in [-0.1, -0.05) is 58.2 Å². The van der Waals surface area contributed by atoms with Crippen molar-refractivity contribution in [2.24, 2.45) is 0 Å². The van der Waals surface area contributed by atoms with Gasteiger partial charge in [0.15, 0.2) is 0 Å². The van der Waals surface area contributed by atoms with E-state index in [2.05, 4.69) is 26.9 Å². The molecule has 0 aliphatic heterocycles. The Balaban J connectivity index is 2.55. The summed E-state index contributed by atoms with van der Waals surface area (Å²) in [5.41, 5.74) is 2.12. The van der Waals surface area contributed by atoms with Crippen molar-refractivity contribution in [2.75, 3.05) is 0 Å². The van der Waals surface area contributed by atoms with Crippen LogP contribution < -0.4 is 0 Å². The topological polar surface area (TPSA) is 0 Å². The lowest BCUT2D eigenvalue weighted by Gasteiger charge is -2.33. The minimum atomic E-state index is -0.848. The van der Waals surface area contributed by atoms with Crippen LogP contribution in [0.5, 0.6) is 0 Å². The standard InChI is InChI=1S/C10H22Si/c1-9(2)11(3,4)10-7-5-6-8-10/h9-10H,5-8H2,1-4H3. The van der Waals surface area contributed by atoms with Crippen LogP contribution in [0.1, 0.15) is 39.5 Å². The molecule has 0 aromatic carbocycles. The van der Waals surface area contributed by atoms with Crippen LogP contribution in [0, 0.1) is 0 Å². The van der Waals surface area contributed by atoms with Crippen LogP contribution in [0.3, 0.4) is 0 Å². The summed E-state index contributed by atoms with van der Waals surface area (Å²) >= 11 is 0. The molecule has 1 aliphatic carbocycles. The van der Waals surface area contributed by atoms with Crippen LogP contribution in [0.25, 0.3) is 0 Å². The largest absolute Gasteiger partial charge is 0.0690 e. The van der Waals surface area contributed by atoms with E-state index in [4.69, 9.17) is 0 Å². The van der Waals surface area contributed by atoms with Gasteiger partial charge < -0.3 is 0 Å². The van der Waals surface area contributed by atoms with Gasteiger partial charge in [0.2, 0.25) is 0 Å². The van der Waals surface area contributed by atoms with Crippen LogP contribution in [-0.2, 0) is 0 Å². The molecule has 0 spiro atoms. The highest BCUT2D eigenvalue weighted by Crippen LogP contribution is 2.43. The van der Waals surface area contributed by atoms with Crippen molar-refractivity contribution in [3.63, 3.8) is 0 Å². The molecule has 0 atom stereocenters. The van der Waals surface area contributed by atoms with E-state index in [1.54, 1.807) is 0 Å². The van der Waals surface area contributed by atoms with E-state index < -0.39 is 8.07 Å². The molecule has 0 unspecified atom stereocenters. The molecular weight excluding hydrogens is 148 g/mol. The Morgan fingerprint density at radius 2 is 1.55 bits per heavy atom. The third-order valence-electron chi connectivity index (χ3n) is 3.90. The number of rotatable bonds is 2. The molecule has 1 aliphatic rings. The molecule has 1 saturated carbocycles. The van der Waals surface area contributed by atoms with Gasteiger partial charge >= 0.3 is 0 Å². The Hall–Kier alpha value is 0.217. The van der Waals surface area contributed by atoms with Gasteiger partial charge in [-0.2, -0.15) is 0 Å². The Bertz CT molecular complexity index is 121. The van der Waals surface area contributed by atoms with Crippen LogP contribution >= 0.6 is 0 Å². The van der Waals surface area contributed by atoms with Gasteiger partial charge in [-0.05, 0) is 5.54 Å². The first kappa shape index (κ1) is 9.31. The molecule has 0 saturated heterocycles. The Kier molecular flexibility index (Phi) is 2.79. The summed E-state index contributed by atoms with van der Waals surface area (Å²) in [4.78, 5) is 0. The average Bonchev–Trinajstić information content (AvgIpc) is 2.37. The van der Waals surface area contributed by atoms with Gasteiger partial charge in [0.25, 0.3) is 0 Å². The van der Waals surface area contributed by atoms with Crippen LogP contribution in [0.15, 0.2) is 0 Å². The third kappa shape index (κ3) is 1.87. The van der Waals surface area contributed by atoms with Gasteiger partial charge in [-0.15, -0.1) is 0 Å². The summed E-state index contributed by atoms with van der Waals surface area (Å²) in [5, 5.41) is 0. The normalized spacial score (nSPS) is 21.5. The second-order valence-corrected chi connectivity index (χ2v) is 10.6. The monoisotopic (exact) mass is 170 g/mol. The van der Waals surface area contributed by atoms with E-state index in [1.165, 1.54) is 25.7 Å². The highest BCUT2D eigenvalue weighted by atomic mass is 28.3. The van der Waals surface area contributed by atoms with E-state index in [0.717, 1.165) is 11.1 Å². The van der Waals surface area contributed by atoms with Gasteiger partial charge in [-0.3, -0.25) is 0 Å². The smallest absolute Gasteiger partial charge is 0.0530 e. The fourth-order valence-electron chi connectivity index (χ4n) is 2.14. The SMILES string of the molecule is CC(C)[Si](C)(C)C1CCCC1. The molecule has 0 N–H and O–H groups in total. The maximum Gasteiger partial charge on any atom is 0.0530 e. The zero-order chi connectivity index (χ0) is 8.48. The van der Waals surface area contributed by atoms with Gasteiger partial charge in [-0.25, -0.2) is 0 Å². The van der Waals surface area contributed by atoms with Crippen molar-refractivity contribution in [1.82, 2.24) is 0 Å². The Labute approximate surface area is 72.4 Å². The summed E-state index contributed by atoms with van der Waals surface area (Å²) in [5.74, 6) is 0. The van der Waals surface area contributed by atoms with E-state index in [-0.39, 0.29) is 0 Å². The van der Waals surface area contributed by atoms with Crippen LogP contribution in [-0.4, -0.2) is 8.07 Å². The molecule has 0 amide bonds.